The van der Waals surface area contributed by atoms with Gasteiger partial charge in [0.05, 0.1) is 0 Å². The zero-order valence-corrected chi connectivity index (χ0v) is 18.3. The minimum Gasteiger partial charge on any atom is -0.354 e. The first kappa shape index (κ1) is 21.3. The van der Waals surface area contributed by atoms with Gasteiger partial charge >= 0.3 is 0 Å². The maximum Gasteiger partial charge on any atom is 0.254 e. The largest absolute Gasteiger partial charge is 0.354 e. The third kappa shape index (κ3) is 5.55. The summed E-state index contributed by atoms with van der Waals surface area (Å²) in [5.41, 5.74) is 0.633. The lowest BCUT2D eigenvalue weighted by molar-refractivity contribution is -0.124. The van der Waals surface area contributed by atoms with E-state index < -0.39 is 0 Å². The molecule has 1 aromatic rings. The fraction of sp³-hybridized carbons (Fsp3) is 0.619. The molecule has 1 N–H and O–H groups in total. The van der Waals surface area contributed by atoms with Crippen LogP contribution in [-0.4, -0.2) is 84.9 Å². The number of piperazine rings is 1. The Morgan fingerprint density at radius 2 is 1.75 bits per heavy atom. The van der Waals surface area contributed by atoms with Crippen LogP contribution < -0.4 is 5.32 Å². The van der Waals surface area contributed by atoms with Crippen molar-refractivity contribution in [2.75, 3.05) is 52.4 Å². The zero-order valence-electron chi connectivity index (χ0n) is 16.7. The van der Waals surface area contributed by atoms with E-state index in [2.05, 4.69) is 38.0 Å². The van der Waals surface area contributed by atoms with E-state index in [1.54, 1.807) is 17.0 Å². The molecule has 0 bridgehead atoms. The van der Waals surface area contributed by atoms with Gasteiger partial charge in [-0.3, -0.25) is 9.59 Å². The SMILES string of the molecule is CCN1CCN(CCCNC(=O)C2CCCN2C(=O)c2ccc(Br)cc2)CC1. The molecule has 1 unspecified atom stereocenters. The van der Waals surface area contributed by atoms with Crippen molar-refractivity contribution in [3.8, 4) is 0 Å². The molecule has 154 valence electrons. The highest BCUT2D eigenvalue weighted by Crippen LogP contribution is 2.21. The third-order valence-electron chi connectivity index (χ3n) is 5.77. The number of nitrogens with one attached hydrogen (secondary N) is 1. The topological polar surface area (TPSA) is 55.9 Å². The van der Waals surface area contributed by atoms with E-state index in [0.29, 0.717) is 18.7 Å². The monoisotopic (exact) mass is 450 g/mol. The summed E-state index contributed by atoms with van der Waals surface area (Å²) in [5, 5.41) is 3.05. The molecule has 6 nitrogen and oxygen atoms in total. The van der Waals surface area contributed by atoms with Crippen LogP contribution >= 0.6 is 15.9 Å². The number of likely N-dealkylation sites (tertiary alicyclic amines) is 1. The van der Waals surface area contributed by atoms with E-state index >= 15 is 0 Å². The van der Waals surface area contributed by atoms with E-state index in [0.717, 1.165) is 63.0 Å². The van der Waals surface area contributed by atoms with Gasteiger partial charge < -0.3 is 20.0 Å². The van der Waals surface area contributed by atoms with Crippen LogP contribution in [0.2, 0.25) is 0 Å². The number of likely N-dealkylation sites (N-methyl/N-ethyl adjacent to an activating group) is 1. The van der Waals surface area contributed by atoms with Gasteiger partial charge in [-0.15, -0.1) is 0 Å². The molecule has 28 heavy (non-hydrogen) atoms. The van der Waals surface area contributed by atoms with Gasteiger partial charge in [0.25, 0.3) is 5.91 Å². The second-order valence-corrected chi connectivity index (χ2v) is 8.50. The van der Waals surface area contributed by atoms with Gasteiger partial charge in [-0.25, -0.2) is 0 Å². The van der Waals surface area contributed by atoms with Crippen molar-refractivity contribution in [2.24, 2.45) is 0 Å². The standard InChI is InChI=1S/C21H31BrN4O2/c1-2-24-13-15-25(16-14-24)11-4-10-23-20(27)19-5-3-12-26(19)21(28)17-6-8-18(22)9-7-17/h6-9,19H,2-5,10-16H2,1H3,(H,23,27). The van der Waals surface area contributed by atoms with Crippen LogP contribution in [0.1, 0.15) is 36.5 Å². The molecular formula is C21H31BrN4O2. The van der Waals surface area contributed by atoms with Crippen LogP contribution in [0.15, 0.2) is 28.7 Å². The molecule has 0 aliphatic carbocycles. The summed E-state index contributed by atoms with van der Waals surface area (Å²) in [4.78, 5) is 32.1. The van der Waals surface area contributed by atoms with Crippen molar-refractivity contribution in [1.82, 2.24) is 20.0 Å². The van der Waals surface area contributed by atoms with Gasteiger partial charge in [0.2, 0.25) is 5.91 Å². The van der Waals surface area contributed by atoms with Crippen LogP contribution in [0.4, 0.5) is 0 Å². The van der Waals surface area contributed by atoms with Crippen LogP contribution in [-0.2, 0) is 4.79 Å². The molecule has 2 fully saturated rings. The fourth-order valence-electron chi connectivity index (χ4n) is 4.00. The molecule has 3 rings (SSSR count). The normalized spacial score (nSPS) is 21.1. The van der Waals surface area contributed by atoms with E-state index in [1.807, 2.05) is 12.1 Å². The molecule has 2 amide bonds. The van der Waals surface area contributed by atoms with Crippen LogP contribution in [0.3, 0.4) is 0 Å². The lowest BCUT2D eigenvalue weighted by Crippen LogP contribution is -2.48. The van der Waals surface area contributed by atoms with Crippen LogP contribution in [0.5, 0.6) is 0 Å². The Balaban J connectivity index is 1.42. The van der Waals surface area contributed by atoms with E-state index in [4.69, 9.17) is 0 Å². The first-order valence-corrected chi connectivity index (χ1v) is 11.2. The highest BCUT2D eigenvalue weighted by molar-refractivity contribution is 9.10. The molecule has 2 saturated heterocycles. The Bertz CT molecular complexity index is 659. The zero-order chi connectivity index (χ0) is 19.9. The Morgan fingerprint density at radius 1 is 1.07 bits per heavy atom. The van der Waals surface area contributed by atoms with Gasteiger partial charge in [-0.05, 0) is 56.6 Å². The molecule has 1 atom stereocenters. The number of hydrogen-bond donors (Lipinski definition) is 1. The van der Waals surface area contributed by atoms with Crippen molar-refractivity contribution in [3.63, 3.8) is 0 Å². The fourth-order valence-corrected chi connectivity index (χ4v) is 4.27. The van der Waals surface area contributed by atoms with Crippen molar-refractivity contribution in [1.29, 1.82) is 0 Å². The average molecular weight is 451 g/mol. The van der Waals surface area contributed by atoms with Crippen molar-refractivity contribution < 1.29 is 9.59 Å². The summed E-state index contributed by atoms with van der Waals surface area (Å²) in [5.74, 6) is -0.0716. The van der Waals surface area contributed by atoms with Gasteiger partial charge in [-0.1, -0.05) is 22.9 Å². The summed E-state index contributed by atoms with van der Waals surface area (Å²) in [6.07, 6.45) is 2.57. The summed E-state index contributed by atoms with van der Waals surface area (Å²) >= 11 is 3.39. The molecular weight excluding hydrogens is 420 g/mol. The maximum atomic E-state index is 12.8. The number of halogens is 1. The van der Waals surface area contributed by atoms with Gasteiger partial charge in [0.15, 0.2) is 0 Å². The molecule has 0 radical (unpaired) electrons. The van der Waals surface area contributed by atoms with E-state index in [1.165, 1.54) is 0 Å². The number of benzene rings is 1. The number of carbonyl (C=O) groups is 2. The quantitative estimate of drug-likeness (QED) is 0.646. The van der Waals surface area contributed by atoms with Crippen LogP contribution in [0, 0.1) is 0 Å². The highest BCUT2D eigenvalue weighted by atomic mass is 79.9. The van der Waals surface area contributed by atoms with Crippen molar-refractivity contribution >= 4 is 27.7 Å². The number of hydrogen-bond acceptors (Lipinski definition) is 4. The van der Waals surface area contributed by atoms with Crippen molar-refractivity contribution in [2.45, 2.75) is 32.2 Å². The summed E-state index contributed by atoms with van der Waals surface area (Å²) < 4.78 is 0.941. The van der Waals surface area contributed by atoms with Gasteiger partial charge in [-0.2, -0.15) is 0 Å². The van der Waals surface area contributed by atoms with E-state index in [9.17, 15) is 9.59 Å². The smallest absolute Gasteiger partial charge is 0.254 e. The maximum absolute atomic E-state index is 12.8. The third-order valence-corrected chi connectivity index (χ3v) is 6.30. The molecule has 1 aromatic carbocycles. The highest BCUT2D eigenvalue weighted by Gasteiger charge is 2.34. The molecule has 0 aromatic heterocycles. The van der Waals surface area contributed by atoms with Crippen LogP contribution in [0.25, 0.3) is 0 Å². The second-order valence-electron chi connectivity index (χ2n) is 7.58. The minimum absolute atomic E-state index is 0.0150. The number of nitrogens with zero attached hydrogens (tertiary/aromatic N) is 3. The average Bonchev–Trinajstić information content (AvgIpc) is 3.21. The summed E-state index contributed by atoms with van der Waals surface area (Å²) in [6.45, 7) is 10.2. The molecule has 0 spiro atoms. The Morgan fingerprint density at radius 3 is 2.43 bits per heavy atom. The predicted molar refractivity (Wildman–Crippen MR) is 114 cm³/mol. The Kier molecular flexibility index (Phi) is 7.88. The number of rotatable bonds is 7. The first-order valence-electron chi connectivity index (χ1n) is 10.4. The Hall–Kier alpha value is -1.44. The van der Waals surface area contributed by atoms with Gasteiger partial charge in [0, 0.05) is 49.3 Å². The minimum atomic E-state index is -0.343. The number of amides is 2. The Labute approximate surface area is 176 Å². The molecule has 7 heteroatoms. The predicted octanol–water partition coefficient (Wildman–Crippen LogP) is 2.20. The first-order chi connectivity index (χ1) is 13.6. The second kappa shape index (κ2) is 10.4. The molecule has 2 aliphatic heterocycles. The lowest BCUT2D eigenvalue weighted by atomic mass is 10.1. The van der Waals surface area contributed by atoms with E-state index in [-0.39, 0.29) is 17.9 Å². The summed E-state index contributed by atoms with van der Waals surface area (Å²) in [7, 11) is 0. The molecule has 2 aliphatic rings. The summed E-state index contributed by atoms with van der Waals surface area (Å²) in [6, 6.07) is 6.98. The van der Waals surface area contributed by atoms with Crippen molar-refractivity contribution in [3.05, 3.63) is 34.3 Å². The number of carbonyl (C=O) groups excluding carboxylic acids is 2. The van der Waals surface area contributed by atoms with Gasteiger partial charge in [0.1, 0.15) is 6.04 Å². The molecule has 0 saturated carbocycles. The molecule has 2 heterocycles. The lowest BCUT2D eigenvalue weighted by Gasteiger charge is -2.34.